The van der Waals surface area contributed by atoms with E-state index in [-0.39, 0.29) is 0 Å². The van der Waals surface area contributed by atoms with Crippen molar-refractivity contribution in [3.05, 3.63) is 200 Å². The first kappa shape index (κ1) is 31.4. The van der Waals surface area contributed by atoms with Crippen LogP contribution >= 0.6 is 0 Å². The highest BCUT2D eigenvalue weighted by atomic mass is 16.3. The van der Waals surface area contributed by atoms with E-state index in [1.54, 1.807) is 0 Å². The number of furan rings is 1. The molecule has 0 aliphatic rings. The molecule has 0 fully saturated rings. The highest BCUT2D eigenvalue weighted by Gasteiger charge is 2.20. The van der Waals surface area contributed by atoms with Crippen LogP contribution in [0.5, 0.6) is 0 Å². The number of nitrogens with zero attached hydrogens (tertiary/aromatic N) is 3. The maximum atomic E-state index is 6.86. The van der Waals surface area contributed by atoms with Gasteiger partial charge in [-0.05, 0) is 76.5 Å². The maximum Gasteiger partial charge on any atom is 0.160 e. The number of anilines is 3. The fraction of sp³-hybridized carbons (Fsp3) is 0. The lowest BCUT2D eigenvalue weighted by Crippen LogP contribution is -2.10. The van der Waals surface area contributed by atoms with Gasteiger partial charge < -0.3 is 9.32 Å². The van der Waals surface area contributed by atoms with Crippen molar-refractivity contribution in [3.8, 4) is 45.0 Å². The van der Waals surface area contributed by atoms with Gasteiger partial charge in [0.25, 0.3) is 0 Å². The van der Waals surface area contributed by atoms with E-state index in [2.05, 4.69) is 175 Å². The minimum Gasteiger partial charge on any atom is -0.454 e. The van der Waals surface area contributed by atoms with Crippen LogP contribution < -0.4 is 4.90 Å². The van der Waals surface area contributed by atoms with Gasteiger partial charge in [0.1, 0.15) is 5.58 Å². The SMILES string of the molecule is c1ccc(-c2ccc(N(c3ccccc3)c3cccc4c3oc3cc(-c5cc(-c6ccc7ccccc7c6)nc(-c6ccccc6)n5)ccc34)cc2)cc1. The fourth-order valence-corrected chi connectivity index (χ4v) is 7.36. The number of benzene rings is 8. The van der Waals surface area contributed by atoms with Crippen LogP contribution in [0.4, 0.5) is 17.1 Å². The molecule has 0 aliphatic heterocycles. The zero-order valence-electron chi connectivity index (χ0n) is 29.3. The van der Waals surface area contributed by atoms with Crippen molar-refractivity contribution in [2.75, 3.05) is 4.90 Å². The highest BCUT2D eigenvalue weighted by Crippen LogP contribution is 2.43. The number of para-hydroxylation sites is 2. The molecular weight excluding hydrogens is 659 g/mol. The van der Waals surface area contributed by atoms with Crippen molar-refractivity contribution in [3.63, 3.8) is 0 Å². The third-order valence-electron chi connectivity index (χ3n) is 10.1. The lowest BCUT2D eigenvalue weighted by atomic mass is 10.0. The van der Waals surface area contributed by atoms with Crippen LogP contribution in [0, 0.1) is 0 Å². The first-order chi connectivity index (χ1) is 26.7. The lowest BCUT2D eigenvalue weighted by molar-refractivity contribution is 0.669. The van der Waals surface area contributed by atoms with Crippen molar-refractivity contribution >= 4 is 49.8 Å². The van der Waals surface area contributed by atoms with Gasteiger partial charge in [0.05, 0.1) is 17.1 Å². The molecule has 0 aliphatic carbocycles. The van der Waals surface area contributed by atoms with Crippen LogP contribution in [0.3, 0.4) is 0 Å². The molecule has 2 heterocycles. The third kappa shape index (κ3) is 5.76. The molecule has 0 atom stereocenters. The van der Waals surface area contributed by atoms with Crippen LogP contribution in [-0.2, 0) is 0 Å². The number of hydrogen-bond donors (Lipinski definition) is 0. The summed E-state index contributed by atoms with van der Waals surface area (Å²) in [5.41, 5.74) is 11.7. The van der Waals surface area contributed by atoms with E-state index in [0.29, 0.717) is 5.82 Å². The zero-order chi connectivity index (χ0) is 35.8. The molecule has 0 amide bonds. The second-order valence-electron chi connectivity index (χ2n) is 13.4. The molecule has 10 aromatic rings. The molecule has 4 nitrogen and oxygen atoms in total. The molecule has 0 unspecified atom stereocenters. The number of hydrogen-bond acceptors (Lipinski definition) is 4. The Morgan fingerprint density at radius 1 is 0.370 bits per heavy atom. The predicted molar refractivity (Wildman–Crippen MR) is 223 cm³/mol. The van der Waals surface area contributed by atoms with Crippen LogP contribution in [0.1, 0.15) is 0 Å². The predicted octanol–water partition coefficient (Wildman–Crippen LogP) is 13.7. The first-order valence-electron chi connectivity index (χ1n) is 18.2. The molecule has 0 saturated heterocycles. The first-order valence-corrected chi connectivity index (χ1v) is 18.2. The Morgan fingerprint density at radius 2 is 0.944 bits per heavy atom. The third-order valence-corrected chi connectivity index (χ3v) is 10.1. The summed E-state index contributed by atoms with van der Waals surface area (Å²) in [7, 11) is 0. The molecule has 8 aromatic carbocycles. The Bertz CT molecular complexity index is 2920. The van der Waals surface area contributed by atoms with Crippen LogP contribution in [-0.4, -0.2) is 9.97 Å². The van der Waals surface area contributed by atoms with Crippen molar-refractivity contribution in [1.29, 1.82) is 0 Å². The summed E-state index contributed by atoms with van der Waals surface area (Å²) in [4.78, 5) is 12.5. The van der Waals surface area contributed by atoms with Crippen LogP contribution in [0.25, 0.3) is 77.7 Å². The topological polar surface area (TPSA) is 42.2 Å². The number of aromatic nitrogens is 2. The van der Waals surface area contributed by atoms with Crippen molar-refractivity contribution in [1.82, 2.24) is 9.97 Å². The van der Waals surface area contributed by atoms with E-state index in [1.165, 1.54) is 21.9 Å². The van der Waals surface area contributed by atoms with Gasteiger partial charge in [0, 0.05) is 38.8 Å². The van der Waals surface area contributed by atoms with Gasteiger partial charge in [-0.2, -0.15) is 0 Å². The smallest absolute Gasteiger partial charge is 0.160 e. The largest absolute Gasteiger partial charge is 0.454 e. The van der Waals surface area contributed by atoms with Crippen molar-refractivity contribution in [2.45, 2.75) is 0 Å². The van der Waals surface area contributed by atoms with E-state index < -0.39 is 0 Å². The summed E-state index contributed by atoms with van der Waals surface area (Å²) in [6, 6.07) is 69.6. The second kappa shape index (κ2) is 13.4. The van der Waals surface area contributed by atoms with Gasteiger partial charge in [-0.3, -0.25) is 0 Å². The Balaban J connectivity index is 1.10. The fourth-order valence-electron chi connectivity index (χ4n) is 7.36. The van der Waals surface area contributed by atoms with Gasteiger partial charge in [-0.15, -0.1) is 0 Å². The monoisotopic (exact) mass is 691 g/mol. The molecular formula is C50H33N3O. The minimum atomic E-state index is 0.681. The Morgan fingerprint density at radius 3 is 1.69 bits per heavy atom. The molecule has 10 rings (SSSR count). The molecule has 0 spiro atoms. The molecule has 2 aromatic heterocycles. The van der Waals surface area contributed by atoms with Crippen LogP contribution in [0.2, 0.25) is 0 Å². The summed E-state index contributed by atoms with van der Waals surface area (Å²) < 4.78 is 6.86. The Hall–Kier alpha value is -7.30. The van der Waals surface area contributed by atoms with Gasteiger partial charge in [0.2, 0.25) is 0 Å². The average Bonchev–Trinajstić information content (AvgIpc) is 3.63. The number of fused-ring (bicyclic) bond motifs is 4. The molecule has 254 valence electrons. The summed E-state index contributed by atoms with van der Waals surface area (Å²) in [5, 5.41) is 4.48. The summed E-state index contributed by atoms with van der Waals surface area (Å²) >= 11 is 0. The van der Waals surface area contributed by atoms with Gasteiger partial charge in [-0.25, -0.2) is 9.97 Å². The molecule has 0 radical (unpaired) electrons. The molecule has 4 heteroatoms. The van der Waals surface area contributed by atoms with E-state index >= 15 is 0 Å². The molecule has 54 heavy (non-hydrogen) atoms. The molecule has 0 saturated carbocycles. The Labute approximate surface area is 313 Å². The lowest BCUT2D eigenvalue weighted by Gasteiger charge is -2.25. The maximum absolute atomic E-state index is 6.86. The van der Waals surface area contributed by atoms with E-state index in [4.69, 9.17) is 14.4 Å². The van der Waals surface area contributed by atoms with Crippen molar-refractivity contribution in [2.24, 2.45) is 0 Å². The summed E-state index contributed by atoms with van der Waals surface area (Å²) in [5.74, 6) is 0.681. The average molecular weight is 692 g/mol. The van der Waals surface area contributed by atoms with E-state index in [1.807, 2.05) is 30.3 Å². The Kier molecular flexibility index (Phi) is 7.77. The second-order valence-corrected chi connectivity index (χ2v) is 13.4. The number of rotatable bonds is 7. The van der Waals surface area contributed by atoms with Gasteiger partial charge in [0.15, 0.2) is 11.4 Å². The van der Waals surface area contributed by atoms with E-state index in [9.17, 15) is 0 Å². The zero-order valence-corrected chi connectivity index (χ0v) is 29.3. The summed E-state index contributed by atoms with van der Waals surface area (Å²) in [6.45, 7) is 0. The van der Waals surface area contributed by atoms with Gasteiger partial charge in [-0.1, -0.05) is 146 Å². The van der Waals surface area contributed by atoms with Crippen molar-refractivity contribution < 1.29 is 4.42 Å². The quantitative estimate of drug-likeness (QED) is 0.167. The normalized spacial score (nSPS) is 11.3. The van der Waals surface area contributed by atoms with Gasteiger partial charge >= 0.3 is 0 Å². The standard InChI is InChI=1S/C50H33N3O/c1-4-13-34(14-5-1)36-25-28-42(29-26-36)53(41-19-8-3-9-20-41)47-22-12-21-44-43-30-27-40(32-48(43)54-49(44)47)46-33-45(51-50(52-46)37-16-6-2-7-17-37)39-24-23-35-15-10-11-18-38(35)31-39/h1-33H. The van der Waals surface area contributed by atoms with E-state index in [0.717, 1.165) is 67.1 Å². The molecule has 0 bridgehead atoms. The summed E-state index contributed by atoms with van der Waals surface area (Å²) in [6.07, 6.45) is 0. The highest BCUT2D eigenvalue weighted by molar-refractivity contribution is 6.11. The minimum absolute atomic E-state index is 0.681. The molecule has 0 N–H and O–H groups in total. The van der Waals surface area contributed by atoms with Crippen LogP contribution in [0.15, 0.2) is 205 Å².